The molecule has 3 nitrogen and oxygen atoms in total. The van der Waals surface area contributed by atoms with E-state index >= 15 is 0 Å². The summed E-state index contributed by atoms with van der Waals surface area (Å²) in [5.41, 5.74) is 2.72. The lowest BCUT2D eigenvalue weighted by atomic mass is 9.96. The molecule has 0 spiro atoms. The number of nitrogens with zero attached hydrogens (tertiary/aromatic N) is 2. The standard InChI is InChI=1S/C24H21Cl2FN2O/c25-21-11-8-19(16-22(21)26)24(30)29-14-12-28(13-15-29)23(17-4-2-1-3-5-17)18-6-9-20(27)10-7-18/h1-11,16,23H,12-15H2. The highest BCUT2D eigenvalue weighted by molar-refractivity contribution is 6.42. The van der Waals surface area contributed by atoms with Crippen LogP contribution in [0.15, 0.2) is 72.8 Å². The van der Waals surface area contributed by atoms with E-state index in [-0.39, 0.29) is 17.8 Å². The van der Waals surface area contributed by atoms with Gasteiger partial charge in [-0.1, -0.05) is 65.7 Å². The summed E-state index contributed by atoms with van der Waals surface area (Å²) in [6.07, 6.45) is 0. The molecule has 1 aliphatic rings. The second-order valence-corrected chi connectivity index (χ2v) is 8.14. The molecule has 1 fully saturated rings. The van der Waals surface area contributed by atoms with Crippen LogP contribution in [-0.2, 0) is 0 Å². The maximum atomic E-state index is 13.5. The Bertz CT molecular complexity index is 1020. The molecule has 3 aromatic rings. The van der Waals surface area contributed by atoms with Gasteiger partial charge in [-0.05, 0) is 41.5 Å². The molecule has 0 saturated carbocycles. The second-order valence-electron chi connectivity index (χ2n) is 7.32. The van der Waals surface area contributed by atoms with Gasteiger partial charge < -0.3 is 4.90 Å². The third-order valence-electron chi connectivity index (χ3n) is 5.43. The van der Waals surface area contributed by atoms with Crippen LogP contribution in [0.2, 0.25) is 10.0 Å². The lowest BCUT2D eigenvalue weighted by Gasteiger charge is -2.39. The van der Waals surface area contributed by atoms with Crippen LogP contribution in [0.1, 0.15) is 27.5 Å². The molecular formula is C24H21Cl2FN2O. The van der Waals surface area contributed by atoms with Gasteiger partial charge in [-0.25, -0.2) is 4.39 Å². The smallest absolute Gasteiger partial charge is 0.253 e. The Morgan fingerprint density at radius 1 is 0.800 bits per heavy atom. The molecule has 6 heteroatoms. The van der Waals surface area contributed by atoms with Crippen LogP contribution in [0.25, 0.3) is 0 Å². The normalized spacial score (nSPS) is 15.8. The topological polar surface area (TPSA) is 23.6 Å². The summed E-state index contributed by atoms with van der Waals surface area (Å²) < 4.78 is 13.5. The van der Waals surface area contributed by atoms with Gasteiger partial charge in [-0.2, -0.15) is 0 Å². The van der Waals surface area contributed by atoms with E-state index < -0.39 is 0 Å². The molecular weight excluding hydrogens is 422 g/mol. The van der Waals surface area contributed by atoms with Gasteiger partial charge in [0.05, 0.1) is 16.1 Å². The molecule has 0 bridgehead atoms. The van der Waals surface area contributed by atoms with E-state index in [0.717, 1.165) is 11.1 Å². The molecule has 0 radical (unpaired) electrons. The number of halogens is 3. The first-order valence-electron chi connectivity index (χ1n) is 9.82. The molecule has 1 unspecified atom stereocenters. The summed E-state index contributed by atoms with van der Waals surface area (Å²) in [4.78, 5) is 17.1. The number of piperazine rings is 1. The predicted molar refractivity (Wildman–Crippen MR) is 119 cm³/mol. The third-order valence-corrected chi connectivity index (χ3v) is 6.17. The molecule has 154 valence electrons. The summed E-state index contributed by atoms with van der Waals surface area (Å²) in [6.45, 7) is 2.63. The highest BCUT2D eigenvalue weighted by atomic mass is 35.5. The van der Waals surface area contributed by atoms with E-state index in [1.165, 1.54) is 12.1 Å². The maximum Gasteiger partial charge on any atom is 0.253 e. The van der Waals surface area contributed by atoms with E-state index in [2.05, 4.69) is 17.0 Å². The zero-order valence-corrected chi connectivity index (χ0v) is 17.8. The fourth-order valence-corrected chi connectivity index (χ4v) is 4.19. The van der Waals surface area contributed by atoms with Gasteiger partial charge in [0.15, 0.2) is 0 Å². The van der Waals surface area contributed by atoms with Gasteiger partial charge in [-0.3, -0.25) is 9.69 Å². The van der Waals surface area contributed by atoms with Crippen molar-refractivity contribution in [3.63, 3.8) is 0 Å². The van der Waals surface area contributed by atoms with E-state index in [9.17, 15) is 9.18 Å². The van der Waals surface area contributed by atoms with Gasteiger partial charge >= 0.3 is 0 Å². The lowest BCUT2D eigenvalue weighted by molar-refractivity contribution is 0.0597. The SMILES string of the molecule is O=C(c1ccc(Cl)c(Cl)c1)N1CCN(C(c2ccccc2)c2ccc(F)cc2)CC1. The van der Waals surface area contributed by atoms with Gasteiger partial charge in [0.25, 0.3) is 5.91 Å². The highest BCUT2D eigenvalue weighted by Gasteiger charge is 2.28. The van der Waals surface area contributed by atoms with Crippen molar-refractivity contribution < 1.29 is 9.18 Å². The summed E-state index contributed by atoms with van der Waals surface area (Å²) in [5, 5.41) is 0.810. The minimum atomic E-state index is -0.248. The Labute approximate surface area is 185 Å². The number of rotatable bonds is 4. The third kappa shape index (κ3) is 4.51. The molecule has 1 heterocycles. The molecule has 0 aromatic heterocycles. The first-order valence-corrected chi connectivity index (χ1v) is 10.6. The number of hydrogen-bond acceptors (Lipinski definition) is 2. The van der Waals surface area contributed by atoms with Crippen LogP contribution in [0.3, 0.4) is 0 Å². The second kappa shape index (κ2) is 9.17. The van der Waals surface area contributed by atoms with E-state index in [0.29, 0.717) is 41.8 Å². The zero-order chi connectivity index (χ0) is 21.1. The average molecular weight is 443 g/mol. The summed E-state index contributed by atoms with van der Waals surface area (Å²) in [7, 11) is 0. The quantitative estimate of drug-likeness (QED) is 0.518. The average Bonchev–Trinajstić information content (AvgIpc) is 2.78. The Morgan fingerprint density at radius 3 is 2.07 bits per heavy atom. The Kier molecular flexibility index (Phi) is 6.38. The van der Waals surface area contributed by atoms with Crippen molar-refractivity contribution in [1.82, 2.24) is 9.80 Å². The van der Waals surface area contributed by atoms with E-state index in [4.69, 9.17) is 23.2 Å². The fourth-order valence-electron chi connectivity index (χ4n) is 3.89. The Balaban J connectivity index is 1.52. The first-order chi connectivity index (χ1) is 14.5. The Morgan fingerprint density at radius 2 is 1.43 bits per heavy atom. The van der Waals surface area contributed by atoms with Crippen molar-refractivity contribution in [2.75, 3.05) is 26.2 Å². The highest BCUT2D eigenvalue weighted by Crippen LogP contribution is 2.30. The molecule has 3 aromatic carbocycles. The molecule has 1 aliphatic heterocycles. The molecule has 0 N–H and O–H groups in total. The van der Waals surface area contributed by atoms with Crippen LogP contribution < -0.4 is 0 Å². The van der Waals surface area contributed by atoms with Crippen molar-refractivity contribution in [2.45, 2.75) is 6.04 Å². The number of hydrogen-bond donors (Lipinski definition) is 0. The van der Waals surface area contributed by atoms with E-state index in [1.807, 2.05) is 35.2 Å². The van der Waals surface area contributed by atoms with Crippen LogP contribution in [0.4, 0.5) is 4.39 Å². The van der Waals surface area contributed by atoms with E-state index in [1.54, 1.807) is 18.2 Å². The molecule has 30 heavy (non-hydrogen) atoms. The minimum Gasteiger partial charge on any atom is -0.336 e. The van der Waals surface area contributed by atoms with Crippen LogP contribution >= 0.6 is 23.2 Å². The Hall–Kier alpha value is -2.40. The predicted octanol–water partition coefficient (Wildman–Crippen LogP) is 5.68. The van der Waals surface area contributed by atoms with Crippen molar-refractivity contribution in [3.05, 3.63) is 105 Å². The fraction of sp³-hybridized carbons (Fsp3) is 0.208. The number of benzene rings is 3. The van der Waals surface area contributed by atoms with Crippen LogP contribution in [0.5, 0.6) is 0 Å². The summed E-state index contributed by atoms with van der Waals surface area (Å²) >= 11 is 12.0. The number of carbonyl (C=O) groups excluding carboxylic acids is 1. The van der Waals surface area contributed by atoms with Crippen molar-refractivity contribution in [1.29, 1.82) is 0 Å². The molecule has 1 saturated heterocycles. The maximum absolute atomic E-state index is 13.5. The zero-order valence-electron chi connectivity index (χ0n) is 16.3. The van der Waals surface area contributed by atoms with Crippen LogP contribution in [0, 0.1) is 5.82 Å². The van der Waals surface area contributed by atoms with Gasteiger partial charge in [0, 0.05) is 31.7 Å². The lowest BCUT2D eigenvalue weighted by Crippen LogP contribution is -2.49. The molecule has 1 amide bonds. The molecule has 0 aliphatic carbocycles. The van der Waals surface area contributed by atoms with Gasteiger partial charge in [0.2, 0.25) is 0 Å². The van der Waals surface area contributed by atoms with Gasteiger partial charge in [-0.15, -0.1) is 0 Å². The van der Waals surface area contributed by atoms with Crippen molar-refractivity contribution >= 4 is 29.1 Å². The van der Waals surface area contributed by atoms with Crippen LogP contribution in [-0.4, -0.2) is 41.9 Å². The molecule has 4 rings (SSSR count). The number of carbonyl (C=O) groups is 1. The summed E-state index contributed by atoms with van der Waals surface area (Å²) in [6, 6.07) is 21.8. The van der Waals surface area contributed by atoms with Crippen molar-refractivity contribution in [3.8, 4) is 0 Å². The van der Waals surface area contributed by atoms with Crippen molar-refractivity contribution in [2.24, 2.45) is 0 Å². The first kappa shape index (κ1) is 20.9. The molecule has 1 atom stereocenters. The number of amides is 1. The summed E-state index contributed by atoms with van der Waals surface area (Å²) in [5.74, 6) is -0.297. The minimum absolute atomic E-state index is 0.00836. The monoisotopic (exact) mass is 442 g/mol. The largest absolute Gasteiger partial charge is 0.336 e. The van der Waals surface area contributed by atoms with Gasteiger partial charge in [0.1, 0.15) is 5.82 Å².